The number of anilines is 1. The first-order valence-corrected chi connectivity index (χ1v) is 16.5. The van der Waals surface area contributed by atoms with Gasteiger partial charge in [-0.05, 0) is 53.9 Å². The lowest BCUT2D eigenvalue weighted by molar-refractivity contribution is -0.140. The molecule has 0 unspecified atom stereocenters. The fourth-order valence-electron chi connectivity index (χ4n) is 4.64. The first-order valence-electron chi connectivity index (χ1n) is 13.9. The van der Waals surface area contributed by atoms with Crippen LogP contribution in [-0.2, 0) is 32.6 Å². The van der Waals surface area contributed by atoms with E-state index >= 15 is 0 Å². The molecule has 224 valence electrons. The Hall–Kier alpha value is -3.66. The molecule has 0 aliphatic rings. The summed E-state index contributed by atoms with van der Waals surface area (Å²) in [6.07, 6.45) is 0.965. The third-order valence-electron chi connectivity index (χ3n) is 6.79. The van der Waals surface area contributed by atoms with E-state index < -0.39 is 28.5 Å². The molecule has 4 aromatic rings. The van der Waals surface area contributed by atoms with E-state index in [1.807, 2.05) is 61.5 Å². The molecular weight excluding hydrogens is 650 g/mol. The van der Waals surface area contributed by atoms with Crippen molar-refractivity contribution < 1.29 is 18.0 Å². The molecular formula is C33H33BrClN3O4S. The molecule has 1 N–H and O–H groups in total. The topological polar surface area (TPSA) is 86.8 Å². The summed E-state index contributed by atoms with van der Waals surface area (Å²) < 4.78 is 29.8. The van der Waals surface area contributed by atoms with Gasteiger partial charge in [-0.1, -0.05) is 107 Å². The maximum atomic E-state index is 14.4. The second-order valence-corrected chi connectivity index (χ2v) is 13.1. The summed E-state index contributed by atoms with van der Waals surface area (Å²) in [5, 5.41) is 3.12. The molecule has 1 atom stereocenters. The van der Waals surface area contributed by atoms with E-state index in [-0.39, 0.29) is 34.5 Å². The van der Waals surface area contributed by atoms with Gasteiger partial charge in [0.2, 0.25) is 11.8 Å². The number of hydrogen-bond acceptors (Lipinski definition) is 4. The van der Waals surface area contributed by atoms with E-state index in [9.17, 15) is 18.0 Å². The molecule has 0 saturated carbocycles. The average molecular weight is 683 g/mol. The predicted molar refractivity (Wildman–Crippen MR) is 174 cm³/mol. The van der Waals surface area contributed by atoms with Crippen LogP contribution in [0.1, 0.15) is 24.5 Å². The normalized spacial score (nSPS) is 11.9. The highest BCUT2D eigenvalue weighted by Crippen LogP contribution is 2.31. The fourth-order valence-corrected chi connectivity index (χ4v) is 6.83. The zero-order chi connectivity index (χ0) is 30.8. The Kier molecular flexibility index (Phi) is 11.4. The molecule has 7 nitrogen and oxygen atoms in total. The lowest BCUT2D eigenvalue weighted by Crippen LogP contribution is -2.53. The Bertz CT molecular complexity index is 1640. The van der Waals surface area contributed by atoms with Gasteiger partial charge in [-0.15, -0.1) is 0 Å². The quantitative estimate of drug-likeness (QED) is 0.175. The van der Waals surface area contributed by atoms with E-state index in [0.717, 1.165) is 26.3 Å². The number of hydrogen-bond donors (Lipinski definition) is 1. The van der Waals surface area contributed by atoms with Crippen molar-refractivity contribution in [2.24, 2.45) is 0 Å². The first-order chi connectivity index (χ1) is 20.7. The lowest BCUT2D eigenvalue weighted by atomic mass is 10.0. The second-order valence-electron chi connectivity index (χ2n) is 9.92. The maximum Gasteiger partial charge on any atom is 0.264 e. The van der Waals surface area contributed by atoms with Gasteiger partial charge >= 0.3 is 0 Å². The molecule has 4 aromatic carbocycles. The number of benzene rings is 4. The molecule has 0 bridgehead atoms. The van der Waals surface area contributed by atoms with Gasteiger partial charge in [0.25, 0.3) is 10.0 Å². The Labute approximate surface area is 266 Å². The largest absolute Gasteiger partial charge is 0.354 e. The summed E-state index contributed by atoms with van der Waals surface area (Å²) in [7, 11) is -4.21. The minimum atomic E-state index is -4.21. The predicted octanol–water partition coefficient (Wildman–Crippen LogP) is 6.46. The standard InChI is InChI=1S/C33H33BrClN3O4S/c1-2-20-36-33(40)31(22-25-12-5-3-6-13-25)37(23-26-14-11-15-27(34)21-26)32(39)24-38(30-19-10-9-18-29(30)35)43(41,42)28-16-7-4-8-17-28/h3-19,21,31H,2,20,22-24H2,1H3,(H,36,40)/t31-/m1/s1. The average Bonchev–Trinajstić information content (AvgIpc) is 3.01. The van der Waals surface area contributed by atoms with Gasteiger partial charge in [-0.25, -0.2) is 8.42 Å². The van der Waals surface area contributed by atoms with E-state index in [1.165, 1.54) is 17.0 Å². The number of amides is 2. The van der Waals surface area contributed by atoms with Crippen molar-refractivity contribution in [2.45, 2.75) is 37.2 Å². The monoisotopic (exact) mass is 681 g/mol. The molecule has 0 fully saturated rings. The summed E-state index contributed by atoms with van der Waals surface area (Å²) in [6, 6.07) is 30.4. The number of nitrogens with zero attached hydrogens (tertiary/aromatic N) is 2. The molecule has 10 heteroatoms. The van der Waals surface area contributed by atoms with Crippen LogP contribution in [0.15, 0.2) is 119 Å². The highest BCUT2D eigenvalue weighted by molar-refractivity contribution is 9.10. The van der Waals surface area contributed by atoms with Gasteiger partial charge in [0.1, 0.15) is 12.6 Å². The molecule has 0 heterocycles. The zero-order valence-corrected chi connectivity index (χ0v) is 26.9. The van der Waals surface area contributed by atoms with Gasteiger partial charge in [-0.2, -0.15) is 0 Å². The Morgan fingerprint density at radius 2 is 1.49 bits per heavy atom. The summed E-state index contributed by atoms with van der Waals surface area (Å²) in [4.78, 5) is 29.5. The Morgan fingerprint density at radius 3 is 2.14 bits per heavy atom. The summed E-state index contributed by atoms with van der Waals surface area (Å²) >= 11 is 9.99. The molecule has 0 aliphatic heterocycles. The van der Waals surface area contributed by atoms with Gasteiger partial charge in [0.15, 0.2) is 0 Å². The molecule has 2 amide bonds. The van der Waals surface area contributed by atoms with E-state index in [2.05, 4.69) is 21.2 Å². The third kappa shape index (κ3) is 8.46. The Balaban J connectivity index is 1.80. The maximum absolute atomic E-state index is 14.4. The van der Waals surface area contributed by atoms with Crippen LogP contribution in [0, 0.1) is 0 Å². The van der Waals surface area contributed by atoms with Crippen molar-refractivity contribution in [3.8, 4) is 0 Å². The summed E-state index contributed by atoms with van der Waals surface area (Å²) in [6.45, 7) is 1.91. The van der Waals surface area contributed by atoms with Crippen LogP contribution in [0.4, 0.5) is 5.69 Å². The van der Waals surface area contributed by atoms with Crippen LogP contribution in [0.5, 0.6) is 0 Å². The number of halogens is 2. The minimum absolute atomic E-state index is 0.0165. The number of carbonyl (C=O) groups excluding carboxylic acids is 2. The number of carbonyl (C=O) groups is 2. The number of sulfonamides is 1. The highest BCUT2D eigenvalue weighted by Gasteiger charge is 2.35. The SMILES string of the molecule is CCCNC(=O)[C@@H](Cc1ccccc1)N(Cc1cccc(Br)c1)C(=O)CN(c1ccccc1Cl)S(=O)(=O)c1ccccc1. The zero-order valence-electron chi connectivity index (χ0n) is 23.7. The van der Waals surface area contributed by atoms with Crippen LogP contribution in [0.25, 0.3) is 0 Å². The lowest BCUT2D eigenvalue weighted by Gasteiger charge is -2.34. The number of rotatable bonds is 13. The fraction of sp³-hybridized carbons (Fsp3) is 0.212. The van der Waals surface area contributed by atoms with Crippen LogP contribution in [0.2, 0.25) is 5.02 Å². The van der Waals surface area contributed by atoms with Crippen molar-refractivity contribution in [3.05, 3.63) is 130 Å². The van der Waals surface area contributed by atoms with Crippen molar-refractivity contribution in [1.29, 1.82) is 0 Å². The highest BCUT2D eigenvalue weighted by atomic mass is 79.9. The molecule has 0 spiro atoms. The van der Waals surface area contributed by atoms with Crippen molar-refractivity contribution >= 4 is 55.1 Å². The minimum Gasteiger partial charge on any atom is -0.354 e. The van der Waals surface area contributed by atoms with E-state index in [4.69, 9.17) is 11.6 Å². The molecule has 0 aliphatic carbocycles. The third-order valence-corrected chi connectivity index (χ3v) is 9.38. The van der Waals surface area contributed by atoms with Gasteiger partial charge in [0, 0.05) is 24.0 Å². The van der Waals surface area contributed by atoms with Crippen LogP contribution < -0.4 is 9.62 Å². The van der Waals surface area contributed by atoms with E-state index in [0.29, 0.717) is 6.54 Å². The molecule has 4 rings (SSSR count). The van der Waals surface area contributed by atoms with Gasteiger partial charge in [-0.3, -0.25) is 13.9 Å². The van der Waals surface area contributed by atoms with E-state index in [1.54, 1.807) is 42.5 Å². The van der Waals surface area contributed by atoms with Gasteiger partial charge < -0.3 is 10.2 Å². The number of nitrogens with one attached hydrogen (secondary N) is 1. The first kappa shape index (κ1) is 32.3. The summed E-state index contributed by atoms with van der Waals surface area (Å²) in [5.74, 6) is -0.865. The molecule has 0 radical (unpaired) electrons. The van der Waals surface area contributed by atoms with Crippen LogP contribution >= 0.6 is 27.5 Å². The molecule has 0 saturated heterocycles. The van der Waals surface area contributed by atoms with Crippen LogP contribution in [-0.4, -0.2) is 44.3 Å². The van der Waals surface area contributed by atoms with Crippen molar-refractivity contribution in [1.82, 2.24) is 10.2 Å². The smallest absolute Gasteiger partial charge is 0.264 e. The Morgan fingerprint density at radius 1 is 0.860 bits per heavy atom. The van der Waals surface area contributed by atoms with Crippen molar-refractivity contribution in [2.75, 3.05) is 17.4 Å². The summed E-state index contributed by atoms with van der Waals surface area (Å²) in [5.41, 5.74) is 1.81. The van der Waals surface area contributed by atoms with Crippen molar-refractivity contribution in [3.63, 3.8) is 0 Å². The second kappa shape index (κ2) is 15.2. The molecule has 0 aromatic heterocycles. The van der Waals surface area contributed by atoms with Gasteiger partial charge in [0.05, 0.1) is 15.6 Å². The number of para-hydroxylation sites is 1. The molecule has 43 heavy (non-hydrogen) atoms. The van der Waals surface area contributed by atoms with Crippen LogP contribution in [0.3, 0.4) is 0 Å².